The molecule has 0 heterocycles. The summed E-state index contributed by atoms with van der Waals surface area (Å²) in [5.41, 5.74) is 6.94. The van der Waals surface area contributed by atoms with Gasteiger partial charge in [-0.3, -0.25) is 0 Å². The number of aliphatic hydroxyl groups is 1. The van der Waals surface area contributed by atoms with Crippen LogP contribution in [0.15, 0.2) is 24.3 Å². The maximum absolute atomic E-state index is 9.14. The van der Waals surface area contributed by atoms with E-state index in [1.54, 1.807) is 7.11 Å². The van der Waals surface area contributed by atoms with Crippen LogP contribution < -0.4 is 15.8 Å². The van der Waals surface area contributed by atoms with E-state index in [4.69, 9.17) is 15.6 Å². The van der Waals surface area contributed by atoms with Crippen LogP contribution in [-0.4, -0.2) is 31.4 Å². The van der Waals surface area contributed by atoms with Crippen molar-refractivity contribution < 1.29 is 9.84 Å². The Morgan fingerprint density at radius 2 is 1.89 bits per heavy atom. The van der Waals surface area contributed by atoms with Gasteiger partial charge in [-0.25, -0.2) is 0 Å². The van der Waals surface area contributed by atoms with E-state index in [1.165, 1.54) is 0 Å². The van der Waals surface area contributed by atoms with Gasteiger partial charge in [-0.1, -0.05) is 19.1 Å². The minimum absolute atomic E-state index is 0.0971. The molecule has 4 heteroatoms. The fourth-order valence-corrected chi connectivity index (χ4v) is 1.78. The van der Waals surface area contributed by atoms with Crippen LogP contribution in [-0.2, 0) is 0 Å². The Bertz CT molecular complexity index is 340. The molecule has 0 spiro atoms. The number of ether oxygens (including phenoxy) is 1. The Labute approximate surface area is 109 Å². The number of nitrogens with two attached hydrogens (primary N) is 1. The van der Waals surface area contributed by atoms with Gasteiger partial charge in [0, 0.05) is 25.2 Å². The van der Waals surface area contributed by atoms with Crippen LogP contribution in [0, 0.1) is 5.92 Å². The Morgan fingerprint density at radius 1 is 1.28 bits per heavy atom. The summed E-state index contributed by atoms with van der Waals surface area (Å²) >= 11 is 0. The molecule has 0 saturated carbocycles. The summed E-state index contributed by atoms with van der Waals surface area (Å²) in [5.74, 6) is 1.04. The average molecular weight is 252 g/mol. The number of methoxy groups -OCH3 is 1. The van der Waals surface area contributed by atoms with Crippen molar-refractivity contribution in [1.29, 1.82) is 0 Å². The van der Waals surface area contributed by atoms with Crippen molar-refractivity contribution in [2.75, 3.05) is 20.3 Å². The first-order valence-electron chi connectivity index (χ1n) is 6.33. The Balaban J connectivity index is 2.70. The third-order valence-corrected chi connectivity index (χ3v) is 3.36. The highest BCUT2D eigenvalue weighted by atomic mass is 16.5. The van der Waals surface area contributed by atoms with E-state index in [1.807, 2.05) is 31.2 Å². The van der Waals surface area contributed by atoms with Gasteiger partial charge in [-0.2, -0.15) is 0 Å². The van der Waals surface area contributed by atoms with Crippen molar-refractivity contribution in [2.24, 2.45) is 11.7 Å². The zero-order valence-corrected chi connectivity index (χ0v) is 11.4. The number of benzene rings is 1. The van der Waals surface area contributed by atoms with E-state index in [0.717, 1.165) is 11.3 Å². The van der Waals surface area contributed by atoms with E-state index < -0.39 is 0 Å². The molecule has 0 aliphatic rings. The molecule has 102 valence electrons. The van der Waals surface area contributed by atoms with Crippen molar-refractivity contribution in [3.8, 4) is 5.75 Å². The smallest absolute Gasteiger partial charge is 0.118 e. The lowest BCUT2D eigenvalue weighted by molar-refractivity contribution is 0.201. The third kappa shape index (κ3) is 3.98. The standard InChI is InChI=1S/C14H24N2O2/c1-10(9-17)11(2)16-14(8-15)12-4-6-13(18-3)7-5-12/h4-7,10-11,14,16-17H,8-9,15H2,1-3H3. The van der Waals surface area contributed by atoms with Crippen LogP contribution in [0.25, 0.3) is 0 Å². The van der Waals surface area contributed by atoms with Crippen LogP contribution in [0.4, 0.5) is 0 Å². The molecule has 18 heavy (non-hydrogen) atoms. The quantitative estimate of drug-likeness (QED) is 0.684. The van der Waals surface area contributed by atoms with E-state index in [-0.39, 0.29) is 24.6 Å². The summed E-state index contributed by atoms with van der Waals surface area (Å²) in [6.45, 7) is 4.77. The molecule has 0 radical (unpaired) electrons. The van der Waals surface area contributed by atoms with Gasteiger partial charge in [0.15, 0.2) is 0 Å². The first kappa shape index (κ1) is 15.0. The maximum atomic E-state index is 9.14. The van der Waals surface area contributed by atoms with Gasteiger partial charge in [0.2, 0.25) is 0 Å². The molecule has 0 aliphatic heterocycles. The molecule has 0 amide bonds. The number of nitrogens with one attached hydrogen (secondary N) is 1. The van der Waals surface area contributed by atoms with Crippen LogP contribution in [0.1, 0.15) is 25.5 Å². The lowest BCUT2D eigenvalue weighted by Crippen LogP contribution is -2.39. The molecule has 0 saturated heterocycles. The molecule has 0 aromatic heterocycles. The van der Waals surface area contributed by atoms with Gasteiger partial charge >= 0.3 is 0 Å². The first-order valence-corrected chi connectivity index (χ1v) is 6.33. The van der Waals surface area contributed by atoms with Crippen molar-refractivity contribution in [2.45, 2.75) is 25.9 Å². The van der Waals surface area contributed by atoms with Crippen LogP contribution in [0.3, 0.4) is 0 Å². The molecule has 0 bridgehead atoms. The fourth-order valence-electron chi connectivity index (χ4n) is 1.78. The first-order chi connectivity index (χ1) is 8.62. The van der Waals surface area contributed by atoms with Crippen molar-refractivity contribution >= 4 is 0 Å². The predicted molar refractivity (Wildman–Crippen MR) is 73.6 cm³/mol. The van der Waals surface area contributed by atoms with E-state index in [0.29, 0.717) is 6.54 Å². The molecule has 1 rings (SSSR count). The number of hydrogen-bond acceptors (Lipinski definition) is 4. The van der Waals surface area contributed by atoms with E-state index >= 15 is 0 Å². The summed E-state index contributed by atoms with van der Waals surface area (Å²) in [7, 11) is 1.65. The van der Waals surface area contributed by atoms with Gasteiger partial charge < -0.3 is 20.9 Å². The molecule has 0 fully saturated rings. The largest absolute Gasteiger partial charge is 0.497 e. The minimum atomic E-state index is 0.0971. The molecule has 3 unspecified atom stereocenters. The zero-order valence-electron chi connectivity index (χ0n) is 11.4. The number of hydrogen-bond donors (Lipinski definition) is 3. The second kappa shape index (κ2) is 7.36. The van der Waals surface area contributed by atoms with Gasteiger partial charge in [-0.15, -0.1) is 0 Å². The summed E-state index contributed by atoms with van der Waals surface area (Å²) < 4.78 is 5.13. The molecule has 0 aliphatic carbocycles. The zero-order chi connectivity index (χ0) is 13.5. The number of rotatable bonds is 7. The lowest BCUT2D eigenvalue weighted by Gasteiger charge is -2.26. The average Bonchev–Trinajstić information content (AvgIpc) is 2.43. The summed E-state index contributed by atoms with van der Waals surface area (Å²) in [6.07, 6.45) is 0. The van der Waals surface area contributed by atoms with E-state index in [9.17, 15) is 0 Å². The second-order valence-electron chi connectivity index (χ2n) is 4.68. The molecule has 1 aromatic carbocycles. The third-order valence-electron chi connectivity index (χ3n) is 3.36. The highest BCUT2D eigenvalue weighted by Gasteiger charge is 2.16. The van der Waals surface area contributed by atoms with Crippen LogP contribution in [0.5, 0.6) is 5.75 Å². The summed E-state index contributed by atoms with van der Waals surface area (Å²) in [4.78, 5) is 0. The monoisotopic (exact) mass is 252 g/mol. The Hall–Kier alpha value is -1.10. The van der Waals surface area contributed by atoms with Crippen molar-refractivity contribution in [1.82, 2.24) is 5.32 Å². The van der Waals surface area contributed by atoms with Crippen LogP contribution in [0.2, 0.25) is 0 Å². The topological polar surface area (TPSA) is 67.5 Å². The molecule has 4 nitrogen and oxygen atoms in total. The van der Waals surface area contributed by atoms with Gasteiger partial charge in [-0.05, 0) is 30.5 Å². The highest BCUT2D eigenvalue weighted by Crippen LogP contribution is 2.18. The molecular weight excluding hydrogens is 228 g/mol. The molecule has 3 atom stereocenters. The van der Waals surface area contributed by atoms with Gasteiger partial charge in [0.25, 0.3) is 0 Å². The summed E-state index contributed by atoms with van der Waals surface area (Å²) in [6, 6.07) is 8.20. The second-order valence-corrected chi connectivity index (χ2v) is 4.68. The normalized spacial score (nSPS) is 16.1. The molecular formula is C14H24N2O2. The molecule has 4 N–H and O–H groups in total. The Kier molecular flexibility index (Phi) is 6.12. The van der Waals surface area contributed by atoms with Gasteiger partial charge in [0.1, 0.15) is 5.75 Å². The molecule has 1 aromatic rings. The summed E-state index contributed by atoms with van der Waals surface area (Å²) in [5, 5.41) is 12.6. The van der Waals surface area contributed by atoms with E-state index in [2.05, 4.69) is 12.2 Å². The minimum Gasteiger partial charge on any atom is -0.497 e. The van der Waals surface area contributed by atoms with Crippen molar-refractivity contribution in [3.63, 3.8) is 0 Å². The fraction of sp³-hybridized carbons (Fsp3) is 0.571. The Morgan fingerprint density at radius 3 is 2.33 bits per heavy atom. The van der Waals surface area contributed by atoms with Gasteiger partial charge in [0.05, 0.1) is 7.11 Å². The lowest BCUT2D eigenvalue weighted by atomic mass is 10.0. The van der Waals surface area contributed by atoms with Crippen LogP contribution >= 0.6 is 0 Å². The van der Waals surface area contributed by atoms with Crippen molar-refractivity contribution in [3.05, 3.63) is 29.8 Å². The SMILES string of the molecule is COc1ccc(C(CN)NC(C)C(C)CO)cc1. The number of aliphatic hydroxyl groups excluding tert-OH is 1. The predicted octanol–water partition coefficient (Wildman–Crippen LogP) is 1.30. The highest BCUT2D eigenvalue weighted by molar-refractivity contribution is 5.29. The maximum Gasteiger partial charge on any atom is 0.118 e.